The summed E-state index contributed by atoms with van der Waals surface area (Å²) in [6.07, 6.45) is 0. The molecule has 0 radical (unpaired) electrons. The molecule has 102 valence electrons. The van der Waals surface area contributed by atoms with Crippen LogP contribution in [-0.2, 0) is 0 Å². The van der Waals surface area contributed by atoms with E-state index in [9.17, 15) is 0 Å². The van der Waals surface area contributed by atoms with Gasteiger partial charge in [-0.2, -0.15) is 0 Å². The van der Waals surface area contributed by atoms with E-state index in [2.05, 4.69) is 32.9 Å². The predicted octanol–water partition coefficient (Wildman–Crippen LogP) is 2.28. The first kappa shape index (κ1) is 15.0. The van der Waals surface area contributed by atoms with Gasteiger partial charge in [0, 0.05) is 0 Å². The summed E-state index contributed by atoms with van der Waals surface area (Å²) in [6, 6.07) is 6.31. The van der Waals surface area contributed by atoms with Gasteiger partial charge in [-0.1, -0.05) is 31.5 Å². The van der Waals surface area contributed by atoms with Gasteiger partial charge < -0.3 is 16.2 Å². The lowest BCUT2D eigenvalue weighted by atomic mass is 9.79. The fourth-order valence-electron chi connectivity index (χ4n) is 2.43. The van der Waals surface area contributed by atoms with Crippen molar-refractivity contribution in [3.8, 4) is 5.75 Å². The SMILES string of the molecule is COc1ccc(C)cc1C(C)C(C)C(CN)CN. The van der Waals surface area contributed by atoms with Crippen molar-refractivity contribution in [3.63, 3.8) is 0 Å². The fourth-order valence-corrected chi connectivity index (χ4v) is 2.43. The standard InChI is InChI=1S/C15H26N2O/c1-10-5-6-15(18-4)14(7-10)12(3)11(2)13(8-16)9-17/h5-7,11-13H,8-9,16-17H2,1-4H3. The van der Waals surface area contributed by atoms with Gasteiger partial charge in [0.2, 0.25) is 0 Å². The molecule has 0 bridgehead atoms. The maximum absolute atomic E-state index is 5.79. The van der Waals surface area contributed by atoms with E-state index < -0.39 is 0 Å². The van der Waals surface area contributed by atoms with Gasteiger partial charge >= 0.3 is 0 Å². The van der Waals surface area contributed by atoms with Gasteiger partial charge in [-0.3, -0.25) is 0 Å². The highest BCUT2D eigenvalue weighted by Gasteiger charge is 2.24. The van der Waals surface area contributed by atoms with Crippen molar-refractivity contribution in [2.45, 2.75) is 26.7 Å². The zero-order valence-corrected chi connectivity index (χ0v) is 11.9. The Hall–Kier alpha value is -1.06. The average molecular weight is 250 g/mol. The van der Waals surface area contributed by atoms with Crippen molar-refractivity contribution >= 4 is 0 Å². The molecule has 1 rings (SSSR count). The Balaban J connectivity index is 3.01. The summed E-state index contributed by atoms with van der Waals surface area (Å²) in [5.41, 5.74) is 14.1. The molecular weight excluding hydrogens is 224 g/mol. The number of rotatable bonds is 6. The molecule has 1 aromatic carbocycles. The molecule has 3 nitrogen and oxygen atoms in total. The van der Waals surface area contributed by atoms with Crippen LogP contribution in [0.5, 0.6) is 5.75 Å². The van der Waals surface area contributed by atoms with E-state index in [0.29, 0.717) is 30.8 Å². The minimum Gasteiger partial charge on any atom is -0.496 e. The van der Waals surface area contributed by atoms with Crippen molar-refractivity contribution in [2.24, 2.45) is 23.3 Å². The summed E-state index contributed by atoms with van der Waals surface area (Å²) in [4.78, 5) is 0. The molecule has 2 unspecified atom stereocenters. The summed E-state index contributed by atoms with van der Waals surface area (Å²) < 4.78 is 5.46. The van der Waals surface area contributed by atoms with E-state index in [0.717, 1.165) is 5.75 Å². The minimum atomic E-state index is 0.352. The summed E-state index contributed by atoms with van der Waals surface area (Å²) in [6.45, 7) is 7.81. The predicted molar refractivity (Wildman–Crippen MR) is 76.9 cm³/mol. The Morgan fingerprint density at radius 3 is 2.28 bits per heavy atom. The largest absolute Gasteiger partial charge is 0.496 e. The second-order valence-electron chi connectivity index (χ2n) is 5.12. The summed E-state index contributed by atoms with van der Waals surface area (Å²) in [7, 11) is 1.72. The van der Waals surface area contributed by atoms with Crippen molar-refractivity contribution in [3.05, 3.63) is 29.3 Å². The fraction of sp³-hybridized carbons (Fsp3) is 0.600. The average Bonchev–Trinajstić information content (AvgIpc) is 2.39. The lowest BCUT2D eigenvalue weighted by Crippen LogP contribution is -2.31. The third-order valence-corrected chi connectivity index (χ3v) is 4.01. The molecule has 0 heterocycles. The van der Waals surface area contributed by atoms with Gasteiger partial charge in [0.15, 0.2) is 0 Å². The van der Waals surface area contributed by atoms with Gasteiger partial charge in [0.25, 0.3) is 0 Å². The maximum Gasteiger partial charge on any atom is 0.122 e. The van der Waals surface area contributed by atoms with Crippen LogP contribution in [0.15, 0.2) is 18.2 Å². The van der Waals surface area contributed by atoms with Crippen LogP contribution in [-0.4, -0.2) is 20.2 Å². The molecule has 0 amide bonds. The van der Waals surface area contributed by atoms with Crippen LogP contribution in [0.25, 0.3) is 0 Å². The first-order chi connectivity index (χ1) is 8.54. The number of ether oxygens (including phenoxy) is 1. The summed E-state index contributed by atoms with van der Waals surface area (Å²) >= 11 is 0. The Morgan fingerprint density at radius 2 is 1.78 bits per heavy atom. The molecule has 0 aromatic heterocycles. The zero-order valence-electron chi connectivity index (χ0n) is 11.9. The van der Waals surface area contributed by atoms with E-state index in [1.54, 1.807) is 7.11 Å². The molecule has 4 N–H and O–H groups in total. The van der Waals surface area contributed by atoms with Gasteiger partial charge in [-0.15, -0.1) is 0 Å². The van der Waals surface area contributed by atoms with Crippen LogP contribution in [0.1, 0.15) is 30.9 Å². The number of methoxy groups -OCH3 is 1. The van der Waals surface area contributed by atoms with Gasteiger partial charge in [-0.05, 0) is 49.4 Å². The Kier molecular flexibility index (Phi) is 5.63. The highest BCUT2D eigenvalue weighted by atomic mass is 16.5. The second kappa shape index (κ2) is 6.76. The van der Waals surface area contributed by atoms with Crippen molar-refractivity contribution < 1.29 is 4.74 Å². The topological polar surface area (TPSA) is 61.3 Å². The molecular formula is C15H26N2O. The minimum absolute atomic E-state index is 0.352. The molecule has 0 saturated heterocycles. The van der Waals surface area contributed by atoms with Crippen LogP contribution in [0.2, 0.25) is 0 Å². The van der Waals surface area contributed by atoms with E-state index in [4.69, 9.17) is 16.2 Å². The Labute approximate surface area is 111 Å². The quantitative estimate of drug-likeness (QED) is 0.814. The normalized spacial score (nSPS) is 14.6. The van der Waals surface area contributed by atoms with Crippen LogP contribution < -0.4 is 16.2 Å². The molecule has 2 atom stereocenters. The van der Waals surface area contributed by atoms with Crippen LogP contribution in [0.3, 0.4) is 0 Å². The molecule has 0 aliphatic carbocycles. The molecule has 0 aliphatic rings. The number of benzene rings is 1. The molecule has 18 heavy (non-hydrogen) atoms. The molecule has 0 aliphatic heterocycles. The molecule has 0 spiro atoms. The number of hydrogen-bond acceptors (Lipinski definition) is 3. The number of nitrogens with two attached hydrogens (primary N) is 2. The first-order valence-electron chi connectivity index (χ1n) is 6.59. The van der Waals surface area contributed by atoms with Crippen LogP contribution >= 0.6 is 0 Å². The molecule has 1 aromatic rings. The van der Waals surface area contributed by atoms with Crippen molar-refractivity contribution in [1.29, 1.82) is 0 Å². The van der Waals surface area contributed by atoms with Gasteiger partial charge in [-0.25, -0.2) is 0 Å². The Bertz CT molecular complexity index is 375. The van der Waals surface area contributed by atoms with E-state index in [1.807, 2.05) is 6.07 Å². The highest BCUT2D eigenvalue weighted by Crippen LogP contribution is 2.35. The van der Waals surface area contributed by atoms with E-state index in [1.165, 1.54) is 11.1 Å². The van der Waals surface area contributed by atoms with Crippen LogP contribution in [0.4, 0.5) is 0 Å². The third-order valence-electron chi connectivity index (χ3n) is 4.01. The molecule has 3 heteroatoms. The lowest BCUT2D eigenvalue weighted by Gasteiger charge is -2.28. The molecule has 0 saturated carbocycles. The third kappa shape index (κ3) is 3.24. The Morgan fingerprint density at radius 1 is 1.17 bits per heavy atom. The zero-order chi connectivity index (χ0) is 13.7. The summed E-state index contributed by atoms with van der Waals surface area (Å²) in [5, 5.41) is 0. The van der Waals surface area contributed by atoms with Crippen molar-refractivity contribution in [2.75, 3.05) is 20.2 Å². The smallest absolute Gasteiger partial charge is 0.122 e. The first-order valence-corrected chi connectivity index (χ1v) is 6.59. The van der Waals surface area contributed by atoms with Crippen LogP contribution in [0, 0.1) is 18.8 Å². The number of hydrogen-bond donors (Lipinski definition) is 2. The maximum atomic E-state index is 5.79. The second-order valence-corrected chi connectivity index (χ2v) is 5.12. The molecule has 0 fully saturated rings. The van der Waals surface area contributed by atoms with Gasteiger partial charge in [0.05, 0.1) is 7.11 Å². The van der Waals surface area contributed by atoms with E-state index >= 15 is 0 Å². The highest BCUT2D eigenvalue weighted by molar-refractivity contribution is 5.39. The van der Waals surface area contributed by atoms with E-state index in [-0.39, 0.29) is 0 Å². The number of aryl methyl sites for hydroxylation is 1. The monoisotopic (exact) mass is 250 g/mol. The lowest BCUT2D eigenvalue weighted by molar-refractivity contribution is 0.319. The van der Waals surface area contributed by atoms with Crippen molar-refractivity contribution in [1.82, 2.24) is 0 Å². The summed E-state index contributed by atoms with van der Waals surface area (Å²) in [5.74, 6) is 2.13. The van der Waals surface area contributed by atoms with Gasteiger partial charge in [0.1, 0.15) is 5.75 Å².